The molecule has 0 unspecified atom stereocenters. The maximum absolute atomic E-state index is 11.8. The van der Waals surface area contributed by atoms with Gasteiger partial charge in [-0.1, -0.05) is 6.08 Å². The molecule has 0 aliphatic carbocycles. The van der Waals surface area contributed by atoms with E-state index in [9.17, 15) is 8.42 Å². The van der Waals surface area contributed by atoms with Gasteiger partial charge in [0.15, 0.2) is 9.84 Å². The fourth-order valence-electron chi connectivity index (χ4n) is 1.27. The van der Waals surface area contributed by atoms with Crippen LogP contribution in [0.2, 0.25) is 0 Å². The lowest BCUT2D eigenvalue weighted by Gasteiger charge is -2.04. The SMILES string of the molecule is C=CCNCCS(=O)(=O)c1ccc(C#N)cc1. The Morgan fingerprint density at radius 2 is 2.00 bits per heavy atom. The molecule has 1 aromatic carbocycles. The molecule has 0 atom stereocenters. The number of nitrogens with zero attached hydrogens (tertiary/aromatic N) is 1. The standard InChI is InChI=1S/C12H14N2O2S/c1-2-7-14-8-9-17(15,16)12-5-3-11(10-13)4-6-12/h2-6,14H,1,7-9H2. The molecule has 0 bridgehead atoms. The predicted octanol–water partition coefficient (Wildman–Crippen LogP) is 1.11. The summed E-state index contributed by atoms with van der Waals surface area (Å²) >= 11 is 0. The summed E-state index contributed by atoms with van der Waals surface area (Å²) in [7, 11) is -3.27. The molecule has 0 fully saturated rings. The van der Waals surface area contributed by atoms with Crippen molar-refractivity contribution in [2.24, 2.45) is 0 Å². The minimum Gasteiger partial charge on any atom is -0.312 e. The van der Waals surface area contributed by atoms with Gasteiger partial charge in [-0.3, -0.25) is 0 Å². The van der Waals surface area contributed by atoms with Crippen molar-refractivity contribution in [1.29, 1.82) is 5.26 Å². The van der Waals surface area contributed by atoms with E-state index in [1.807, 2.05) is 6.07 Å². The Labute approximate surface area is 101 Å². The minimum atomic E-state index is -3.27. The highest BCUT2D eigenvalue weighted by Gasteiger charge is 2.13. The number of hydrogen-bond donors (Lipinski definition) is 1. The first-order chi connectivity index (χ1) is 8.10. The molecule has 17 heavy (non-hydrogen) atoms. The fourth-order valence-corrected chi connectivity index (χ4v) is 2.46. The molecule has 1 N–H and O–H groups in total. The monoisotopic (exact) mass is 250 g/mol. The van der Waals surface area contributed by atoms with Gasteiger partial charge in [-0.25, -0.2) is 8.42 Å². The molecule has 1 rings (SSSR count). The highest BCUT2D eigenvalue weighted by Crippen LogP contribution is 2.11. The summed E-state index contributed by atoms with van der Waals surface area (Å²) in [6, 6.07) is 7.87. The zero-order valence-electron chi connectivity index (χ0n) is 9.39. The van der Waals surface area contributed by atoms with Crippen LogP contribution in [-0.4, -0.2) is 27.3 Å². The van der Waals surface area contributed by atoms with Crippen LogP contribution >= 0.6 is 0 Å². The molecule has 0 heterocycles. The largest absolute Gasteiger partial charge is 0.312 e. The topological polar surface area (TPSA) is 70.0 Å². The third kappa shape index (κ3) is 4.02. The van der Waals surface area contributed by atoms with E-state index in [1.165, 1.54) is 24.3 Å². The maximum Gasteiger partial charge on any atom is 0.179 e. The van der Waals surface area contributed by atoms with E-state index in [2.05, 4.69) is 11.9 Å². The van der Waals surface area contributed by atoms with E-state index in [0.717, 1.165) is 0 Å². The van der Waals surface area contributed by atoms with E-state index in [0.29, 0.717) is 18.7 Å². The van der Waals surface area contributed by atoms with Crippen LogP contribution in [0.15, 0.2) is 41.8 Å². The number of rotatable bonds is 6. The second kappa shape index (κ2) is 6.18. The number of sulfone groups is 1. The van der Waals surface area contributed by atoms with Crippen molar-refractivity contribution in [1.82, 2.24) is 5.32 Å². The van der Waals surface area contributed by atoms with Gasteiger partial charge in [-0.2, -0.15) is 5.26 Å². The number of hydrogen-bond acceptors (Lipinski definition) is 4. The lowest BCUT2D eigenvalue weighted by atomic mass is 10.2. The minimum absolute atomic E-state index is 0.0345. The van der Waals surface area contributed by atoms with E-state index in [-0.39, 0.29) is 10.6 Å². The highest BCUT2D eigenvalue weighted by atomic mass is 32.2. The van der Waals surface area contributed by atoms with Gasteiger partial charge >= 0.3 is 0 Å². The zero-order valence-corrected chi connectivity index (χ0v) is 10.2. The Kier molecular flexibility index (Phi) is 4.88. The maximum atomic E-state index is 11.8. The Morgan fingerprint density at radius 1 is 1.35 bits per heavy atom. The molecule has 0 spiro atoms. The van der Waals surface area contributed by atoms with Crippen molar-refractivity contribution in [3.05, 3.63) is 42.5 Å². The van der Waals surface area contributed by atoms with E-state index >= 15 is 0 Å². The van der Waals surface area contributed by atoms with Gasteiger partial charge in [-0.05, 0) is 24.3 Å². The lowest BCUT2D eigenvalue weighted by molar-refractivity contribution is 0.592. The highest BCUT2D eigenvalue weighted by molar-refractivity contribution is 7.91. The first-order valence-electron chi connectivity index (χ1n) is 5.14. The van der Waals surface area contributed by atoms with Gasteiger partial charge < -0.3 is 5.32 Å². The van der Waals surface area contributed by atoms with E-state index < -0.39 is 9.84 Å². The summed E-state index contributed by atoms with van der Waals surface area (Å²) < 4.78 is 23.7. The van der Waals surface area contributed by atoms with Crippen molar-refractivity contribution >= 4 is 9.84 Å². The van der Waals surface area contributed by atoms with E-state index in [4.69, 9.17) is 5.26 Å². The second-order valence-electron chi connectivity index (χ2n) is 3.45. The van der Waals surface area contributed by atoms with Gasteiger partial charge in [0.2, 0.25) is 0 Å². The Bertz CT molecular complexity index is 512. The average molecular weight is 250 g/mol. The lowest BCUT2D eigenvalue weighted by Crippen LogP contribution is -2.23. The van der Waals surface area contributed by atoms with E-state index in [1.54, 1.807) is 6.08 Å². The Balaban J connectivity index is 2.69. The molecule has 5 heteroatoms. The van der Waals surface area contributed by atoms with Crippen LogP contribution in [0.25, 0.3) is 0 Å². The Hall–Kier alpha value is -1.64. The third-order valence-electron chi connectivity index (χ3n) is 2.18. The normalized spacial score (nSPS) is 10.8. The zero-order chi connectivity index (χ0) is 12.7. The summed E-state index contributed by atoms with van der Waals surface area (Å²) in [6.07, 6.45) is 1.67. The Morgan fingerprint density at radius 3 is 2.53 bits per heavy atom. The van der Waals surface area contributed by atoms with Crippen molar-refractivity contribution in [3.63, 3.8) is 0 Å². The van der Waals surface area contributed by atoms with Gasteiger partial charge in [0, 0.05) is 13.1 Å². The van der Waals surface area contributed by atoms with Crippen LogP contribution in [0.4, 0.5) is 0 Å². The molecule has 4 nitrogen and oxygen atoms in total. The van der Waals surface area contributed by atoms with Crippen molar-refractivity contribution < 1.29 is 8.42 Å². The van der Waals surface area contributed by atoms with Gasteiger partial charge in [0.1, 0.15) is 0 Å². The van der Waals surface area contributed by atoms with Gasteiger partial charge in [0.05, 0.1) is 22.3 Å². The second-order valence-corrected chi connectivity index (χ2v) is 5.56. The molecule has 0 saturated heterocycles. The van der Waals surface area contributed by atoms with Crippen LogP contribution in [0.5, 0.6) is 0 Å². The molecular formula is C12H14N2O2S. The fraction of sp³-hybridized carbons (Fsp3) is 0.250. The predicted molar refractivity (Wildman–Crippen MR) is 66.3 cm³/mol. The average Bonchev–Trinajstić information content (AvgIpc) is 2.35. The van der Waals surface area contributed by atoms with Crippen LogP contribution in [0.3, 0.4) is 0 Å². The summed E-state index contributed by atoms with van der Waals surface area (Å²) in [5.41, 5.74) is 0.453. The molecule has 0 aromatic heterocycles. The van der Waals surface area contributed by atoms with Crippen molar-refractivity contribution in [3.8, 4) is 6.07 Å². The first kappa shape index (κ1) is 13.4. The van der Waals surface area contributed by atoms with Gasteiger partial charge in [0.25, 0.3) is 0 Å². The molecule has 0 amide bonds. The van der Waals surface area contributed by atoms with Crippen LogP contribution < -0.4 is 5.32 Å². The van der Waals surface area contributed by atoms with Crippen LogP contribution in [-0.2, 0) is 9.84 Å². The van der Waals surface area contributed by atoms with Crippen molar-refractivity contribution in [2.45, 2.75) is 4.90 Å². The molecule has 90 valence electrons. The molecule has 1 aromatic rings. The smallest absolute Gasteiger partial charge is 0.179 e. The van der Waals surface area contributed by atoms with Crippen LogP contribution in [0.1, 0.15) is 5.56 Å². The molecule has 0 saturated carbocycles. The summed E-state index contributed by atoms with van der Waals surface area (Å²) in [6.45, 7) is 4.50. The molecule has 0 radical (unpaired) electrons. The third-order valence-corrected chi connectivity index (χ3v) is 3.91. The van der Waals surface area contributed by atoms with Gasteiger partial charge in [-0.15, -0.1) is 6.58 Å². The summed E-state index contributed by atoms with van der Waals surface area (Å²) in [5.74, 6) is 0.0345. The van der Waals surface area contributed by atoms with Crippen molar-refractivity contribution in [2.75, 3.05) is 18.8 Å². The summed E-state index contributed by atoms with van der Waals surface area (Å²) in [4.78, 5) is 0.247. The molecule has 0 aliphatic rings. The number of nitrogens with one attached hydrogen (secondary N) is 1. The summed E-state index contributed by atoms with van der Waals surface area (Å²) in [5, 5.41) is 11.5. The molecular weight excluding hydrogens is 236 g/mol. The first-order valence-corrected chi connectivity index (χ1v) is 6.80. The number of benzene rings is 1. The number of nitriles is 1. The van der Waals surface area contributed by atoms with Crippen LogP contribution in [0, 0.1) is 11.3 Å². The quantitative estimate of drug-likeness (QED) is 0.606. The molecule has 0 aliphatic heterocycles.